The van der Waals surface area contributed by atoms with Gasteiger partial charge in [-0.1, -0.05) is 19.8 Å². The fraction of sp³-hybridized carbons (Fsp3) is 0.464. The molecular weight excluding hydrogens is 456 g/mol. The molecule has 0 unspecified atom stereocenters. The normalized spacial score (nSPS) is 21.9. The average molecular weight is 489 g/mol. The van der Waals surface area contributed by atoms with Gasteiger partial charge in [0.2, 0.25) is 0 Å². The summed E-state index contributed by atoms with van der Waals surface area (Å²) in [4.78, 5) is 13.1. The van der Waals surface area contributed by atoms with E-state index in [-0.39, 0.29) is 17.7 Å². The molecule has 3 aromatic rings. The first-order valence-electron chi connectivity index (χ1n) is 12.7. The van der Waals surface area contributed by atoms with E-state index >= 15 is 0 Å². The molecular formula is C28H32N4O4. The number of ether oxygens (including phenoxy) is 1. The van der Waals surface area contributed by atoms with Gasteiger partial charge in [-0.05, 0) is 56.6 Å². The Kier molecular flexibility index (Phi) is 6.35. The van der Waals surface area contributed by atoms with E-state index in [4.69, 9.17) is 16.3 Å². The van der Waals surface area contributed by atoms with Crippen LogP contribution in [0.3, 0.4) is 0 Å². The van der Waals surface area contributed by atoms with Crippen LogP contribution < -0.4 is 14.8 Å². The number of hydrogen-bond donors (Lipinski definition) is 2. The number of rotatable bonds is 7. The highest BCUT2D eigenvalue weighted by Crippen LogP contribution is 2.37. The second-order valence-electron chi connectivity index (χ2n) is 10.4. The van der Waals surface area contributed by atoms with Crippen LogP contribution in [-0.4, -0.2) is 33.0 Å². The molecule has 2 fully saturated rings. The zero-order valence-corrected chi connectivity index (χ0v) is 20.7. The van der Waals surface area contributed by atoms with Crippen molar-refractivity contribution >= 4 is 22.5 Å². The molecule has 8 nitrogen and oxygen atoms in total. The first-order chi connectivity index (χ1) is 17.3. The van der Waals surface area contributed by atoms with Crippen LogP contribution in [0.5, 0.6) is 5.75 Å². The second-order valence-corrected chi connectivity index (χ2v) is 10.4. The van der Waals surface area contributed by atoms with E-state index in [1.165, 1.54) is 6.07 Å². The largest absolute Gasteiger partial charge is 0.618 e. The molecule has 2 aliphatic carbocycles. The number of amides is 1. The summed E-state index contributed by atoms with van der Waals surface area (Å²) in [6, 6.07) is 8.81. The van der Waals surface area contributed by atoms with E-state index in [2.05, 4.69) is 11.2 Å². The first kappa shape index (κ1) is 24.1. The van der Waals surface area contributed by atoms with Gasteiger partial charge in [0.15, 0.2) is 5.69 Å². The van der Waals surface area contributed by atoms with Crippen molar-refractivity contribution < 1.29 is 19.4 Å². The van der Waals surface area contributed by atoms with Crippen LogP contribution >= 0.6 is 0 Å². The van der Waals surface area contributed by atoms with Gasteiger partial charge in [-0.2, -0.15) is 9.83 Å². The summed E-state index contributed by atoms with van der Waals surface area (Å²) in [5.41, 5.74) is 0.808. The Labute approximate surface area is 210 Å². The standard InChI is InChI=1S/C28H32N4O4/c1-4-28(34)12-10-21(11-13-28)31-16-20-14-23(26(15-22(20)30-31)36-17-19-8-9-19)29-27(33)25-7-5-6-24(18(2)3)32(25)35/h1,5-7,14-16,18-19,21,34H,8-13,17H2,2-3H3,(H,29,33). The summed E-state index contributed by atoms with van der Waals surface area (Å²) in [6.45, 7) is 4.41. The lowest BCUT2D eigenvalue weighted by Crippen LogP contribution is -2.41. The summed E-state index contributed by atoms with van der Waals surface area (Å²) in [5, 5.41) is 31.7. The summed E-state index contributed by atoms with van der Waals surface area (Å²) in [7, 11) is 0. The minimum absolute atomic E-state index is 0.00807. The summed E-state index contributed by atoms with van der Waals surface area (Å²) >= 11 is 0. The highest BCUT2D eigenvalue weighted by Gasteiger charge is 2.32. The number of pyridine rings is 1. The van der Waals surface area contributed by atoms with Crippen molar-refractivity contribution in [3.63, 3.8) is 0 Å². The number of aliphatic hydroxyl groups is 1. The van der Waals surface area contributed by atoms with Gasteiger partial charge >= 0.3 is 5.91 Å². The van der Waals surface area contributed by atoms with Crippen molar-refractivity contribution in [1.82, 2.24) is 9.78 Å². The lowest BCUT2D eigenvalue weighted by molar-refractivity contribution is -0.617. The number of terminal acetylenes is 1. The molecule has 2 aromatic heterocycles. The number of aromatic nitrogens is 3. The maximum atomic E-state index is 13.1. The van der Waals surface area contributed by atoms with Crippen LogP contribution in [0.2, 0.25) is 0 Å². The molecule has 2 saturated carbocycles. The van der Waals surface area contributed by atoms with Gasteiger partial charge in [-0.25, -0.2) is 0 Å². The number of anilines is 1. The topological polar surface area (TPSA) is 103 Å². The molecule has 0 spiro atoms. The number of fused-ring (bicyclic) bond motifs is 1. The number of hydrogen-bond acceptors (Lipinski definition) is 5. The molecule has 188 valence electrons. The zero-order chi connectivity index (χ0) is 25.4. The molecule has 0 saturated heterocycles. The molecule has 8 heteroatoms. The minimum atomic E-state index is -1.03. The Balaban J connectivity index is 1.43. The maximum Gasteiger partial charge on any atom is 0.321 e. The molecule has 0 bridgehead atoms. The Hall–Kier alpha value is -3.57. The Bertz CT molecular complexity index is 1330. The Morgan fingerprint density at radius 2 is 2.08 bits per heavy atom. The lowest BCUT2D eigenvalue weighted by Gasteiger charge is -2.32. The van der Waals surface area contributed by atoms with Crippen molar-refractivity contribution in [1.29, 1.82) is 0 Å². The molecule has 1 amide bonds. The van der Waals surface area contributed by atoms with Crippen molar-refractivity contribution in [3.8, 4) is 18.1 Å². The van der Waals surface area contributed by atoms with Gasteiger partial charge in [0, 0.05) is 35.7 Å². The fourth-order valence-corrected chi connectivity index (χ4v) is 4.75. The quantitative estimate of drug-likeness (QED) is 0.293. The third kappa shape index (κ3) is 4.89. The van der Waals surface area contributed by atoms with Gasteiger partial charge in [0.1, 0.15) is 11.4 Å². The van der Waals surface area contributed by atoms with E-state index in [9.17, 15) is 15.1 Å². The van der Waals surface area contributed by atoms with Crippen LogP contribution in [0.25, 0.3) is 10.9 Å². The van der Waals surface area contributed by atoms with Crippen LogP contribution in [0.4, 0.5) is 5.69 Å². The third-order valence-corrected chi connectivity index (χ3v) is 7.27. The van der Waals surface area contributed by atoms with Crippen LogP contribution in [-0.2, 0) is 0 Å². The third-order valence-electron chi connectivity index (χ3n) is 7.27. The van der Waals surface area contributed by atoms with E-state index in [1.54, 1.807) is 12.1 Å². The predicted molar refractivity (Wildman–Crippen MR) is 137 cm³/mol. The molecule has 0 aliphatic heterocycles. The summed E-state index contributed by atoms with van der Waals surface area (Å²) in [5.74, 6) is 3.09. The Morgan fingerprint density at radius 3 is 2.75 bits per heavy atom. The van der Waals surface area contributed by atoms with Crippen molar-refractivity contribution in [2.75, 3.05) is 11.9 Å². The number of carbonyl (C=O) groups is 1. The van der Waals surface area contributed by atoms with Crippen LogP contribution in [0, 0.1) is 23.5 Å². The molecule has 2 aliphatic rings. The molecule has 1 aromatic carbocycles. The van der Waals surface area contributed by atoms with Gasteiger partial charge in [-0.15, -0.1) is 6.42 Å². The second kappa shape index (κ2) is 9.47. The molecule has 0 radical (unpaired) electrons. The molecule has 5 rings (SSSR count). The van der Waals surface area contributed by atoms with Crippen LogP contribution in [0.15, 0.2) is 36.5 Å². The molecule has 36 heavy (non-hydrogen) atoms. The highest BCUT2D eigenvalue weighted by atomic mass is 16.5. The van der Waals surface area contributed by atoms with Crippen molar-refractivity contribution in [2.45, 2.75) is 69.9 Å². The number of nitrogens with zero attached hydrogens (tertiary/aromatic N) is 3. The van der Waals surface area contributed by atoms with E-state index in [1.807, 2.05) is 36.9 Å². The van der Waals surface area contributed by atoms with Gasteiger partial charge in [-0.3, -0.25) is 9.48 Å². The minimum Gasteiger partial charge on any atom is -0.618 e. The SMILES string of the molecule is C#CC1(O)CCC(n2cc3cc(NC(=O)c4cccc(C(C)C)[n+]4[O-])c(OCC4CC4)cc3n2)CC1. The smallest absolute Gasteiger partial charge is 0.321 e. The van der Waals surface area contributed by atoms with Gasteiger partial charge in [0.05, 0.1) is 23.9 Å². The van der Waals surface area contributed by atoms with Gasteiger partial charge < -0.3 is 20.4 Å². The molecule has 2 heterocycles. The monoisotopic (exact) mass is 488 g/mol. The predicted octanol–water partition coefficient (Wildman–Crippen LogP) is 4.31. The van der Waals surface area contributed by atoms with Crippen molar-refractivity contribution in [3.05, 3.63) is 53.1 Å². The van der Waals surface area contributed by atoms with E-state index in [0.717, 1.165) is 36.6 Å². The highest BCUT2D eigenvalue weighted by molar-refractivity contribution is 6.04. The van der Waals surface area contributed by atoms with E-state index < -0.39 is 11.5 Å². The number of benzene rings is 1. The zero-order valence-electron chi connectivity index (χ0n) is 20.7. The average Bonchev–Trinajstić information content (AvgIpc) is 3.60. The Morgan fingerprint density at radius 1 is 1.33 bits per heavy atom. The molecule has 0 atom stereocenters. The number of carbonyl (C=O) groups excluding carboxylic acids is 1. The van der Waals surface area contributed by atoms with E-state index in [0.29, 0.717) is 47.2 Å². The van der Waals surface area contributed by atoms with Crippen LogP contribution in [0.1, 0.15) is 80.5 Å². The summed E-state index contributed by atoms with van der Waals surface area (Å²) in [6.07, 6.45) is 12.3. The lowest BCUT2D eigenvalue weighted by atomic mass is 9.83. The maximum absolute atomic E-state index is 13.1. The first-order valence-corrected chi connectivity index (χ1v) is 12.7. The van der Waals surface area contributed by atoms with Crippen molar-refractivity contribution in [2.24, 2.45) is 5.92 Å². The number of nitrogens with one attached hydrogen (secondary N) is 1. The molecule has 2 N–H and O–H groups in total. The summed E-state index contributed by atoms with van der Waals surface area (Å²) < 4.78 is 8.71. The fourth-order valence-electron chi connectivity index (χ4n) is 4.75. The van der Waals surface area contributed by atoms with Gasteiger partial charge in [0.25, 0.3) is 5.69 Å².